The molecule has 3 nitrogen and oxygen atoms in total. The first-order valence-electron chi connectivity index (χ1n) is 9.93. The lowest BCUT2D eigenvalue weighted by Gasteiger charge is -2.39. The van der Waals surface area contributed by atoms with Crippen molar-refractivity contribution >= 4 is 18.0 Å². The Morgan fingerprint density at radius 3 is 2.33 bits per heavy atom. The van der Waals surface area contributed by atoms with Crippen molar-refractivity contribution in [1.29, 1.82) is 0 Å². The molecule has 0 aromatic heterocycles. The van der Waals surface area contributed by atoms with Crippen LogP contribution in [0.3, 0.4) is 0 Å². The van der Waals surface area contributed by atoms with Crippen molar-refractivity contribution in [2.24, 2.45) is 17.8 Å². The summed E-state index contributed by atoms with van der Waals surface area (Å²) in [6.07, 6.45) is 3.29. The minimum absolute atomic E-state index is 0.00954. The highest BCUT2D eigenvalue weighted by molar-refractivity contribution is 7.74. The number of ether oxygens (including phenoxy) is 1. The standard InChI is InChI=1S/C23H31O3P/c1-17(2)20-15-14-18(3)16-22(20)26-27(24,19-10-6-5-7-11-19)23-13-9-8-12-21(23)25-4/h5-13,17-18,20,22H,14-16H2,1-4H3/t18-,20+,22-,27-/m1/s1. The van der Waals surface area contributed by atoms with Gasteiger partial charge in [0.2, 0.25) is 0 Å². The van der Waals surface area contributed by atoms with Crippen LogP contribution in [0.15, 0.2) is 54.6 Å². The molecule has 4 heteroatoms. The van der Waals surface area contributed by atoms with E-state index in [1.165, 1.54) is 6.42 Å². The lowest BCUT2D eigenvalue weighted by Crippen LogP contribution is -2.36. The quantitative estimate of drug-likeness (QED) is 0.624. The van der Waals surface area contributed by atoms with Gasteiger partial charge in [0.15, 0.2) is 0 Å². The monoisotopic (exact) mass is 386 g/mol. The van der Waals surface area contributed by atoms with Gasteiger partial charge in [-0.25, -0.2) is 0 Å². The predicted octanol–water partition coefficient (Wildman–Crippen LogP) is 5.40. The molecule has 0 aliphatic heterocycles. The van der Waals surface area contributed by atoms with E-state index in [-0.39, 0.29) is 6.10 Å². The molecule has 0 heterocycles. The molecule has 0 N–H and O–H groups in total. The Bertz CT molecular complexity index is 787. The maximum absolute atomic E-state index is 14.4. The van der Waals surface area contributed by atoms with Crippen molar-refractivity contribution in [3.05, 3.63) is 54.6 Å². The van der Waals surface area contributed by atoms with Crippen LogP contribution in [0.25, 0.3) is 0 Å². The zero-order valence-electron chi connectivity index (χ0n) is 16.8. The summed E-state index contributed by atoms with van der Waals surface area (Å²) in [6.45, 7) is 6.75. The van der Waals surface area contributed by atoms with Gasteiger partial charge in [-0.05, 0) is 54.9 Å². The molecule has 0 radical (unpaired) electrons. The van der Waals surface area contributed by atoms with Crippen molar-refractivity contribution in [2.75, 3.05) is 7.11 Å². The second kappa shape index (κ2) is 8.63. The van der Waals surface area contributed by atoms with E-state index in [0.29, 0.717) is 28.8 Å². The van der Waals surface area contributed by atoms with Crippen LogP contribution >= 0.6 is 7.37 Å². The summed E-state index contributed by atoms with van der Waals surface area (Å²) in [5, 5.41) is 1.38. The highest BCUT2D eigenvalue weighted by Crippen LogP contribution is 2.52. The Kier molecular flexibility index (Phi) is 6.44. The number of benzene rings is 2. The highest BCUT2D eigenvalue weighted by Gasteiger charge is 2.40. The molecule has 2 aromatic carbocycles. The second-order valence-corrected chi connectivity index (χ2v) is 10.3. The molecule has 1 aliphatic carbocycles. The van der Waals surface area contributed by atoms with Crippen LogP contribution in [0.4, 0.5) is 0 Å². The molecule has 0 saturated heterocycles. The van der Waals surface area contributed by atoms with Gasteiger partial charge in [-0.3, -0.25) is 4.57 Å². The van der Waals surface area contributed by atoms with Gasteiger partial charge >= 0.3 is 0 Å². The van der Waals surface area contributed by atoms with Gasteiger partial charge in [-0.1, -0.05) is 57.5 Å². The third-order valence-corrected chi connectivity index (χ3v) is 8.29. The average Bonchev–Trinajstić information content (AvgIpc) is 2.68. The third kappa shape index (κ3) is 4.31. The first kappa shape index (κ1) is 20.2. The molecule has 0 spiro atoms. The molecule has 1 saturated carbocycles. The summed E-state index contributed by atoms with van der Waals surface area (Å²) in [6, 6.07) is 17.1. The smallest absolute Gasteiger partial charge is 0.265 e. The second-order valence-electron chi connectivity index (χ2n) is 8.03. The highest BCUT2D eigenvalue weighted by atomic mass is 31.2. The lowest BCUT2D eigenvalue weighted by molar-refractivity contribution is 0.0514. The lowest BCUT2D eigenvalue weighted by atomic mass is 9.75. The van der Waals surface area contributed by atoms with Gasteiger partial charge in [0.1, 0.15) is 5.75 Å². The zero-order chi connectivity index (χ0) is 19.4. The van der Waals surface area contributed by atoms with Gasteiger partial charge in [0, 0.05) is 5.30 Å². The average molecular weight is 386 g/mol. The van der Waals surface area contributed by atoms with E-state index < -0.39 is 7.37 Å². The van der Waals surface area contributed by atoms with Crippen molar-refractivity contribution in [3.8, 4) is 5.75 Å². The maximum Gasteiger partial charge on any atom is 0.265 e. The van der Waals surface area contributed by atoms with Crippen molar-refractivity contribution in [2.45, 2.75) is 46.1 Å². The summed E-state index contributed by atoms with van der Waals surface area (Å²) in [4.78, 5) is 0. The fourth-order valence-corrected chi connectivity index (χ4v) is 6.62. The molecule has 146 valence electrons. The van der Waals surface area contributed by atoms with E-state index in [2.05, 4.69) is 20.8 Å². The van der Waals surface area contributed by atoms with E-state index in [0.717, 1.165) is 18.1 Å². The van der Waals surface area contributed by atoms with Crippen LogP contribution in [0.2, 0.25) is 0 Å². The fourth-order valence-electron chi connectivity index (χ4n) is 4.18. The van der Waals surface area contributed by atoms with Gasteiger partial charge in [0.05, 0.1) is 18.5 Å². The molecule has 27 heavy (non-hydrogen) atoms. The molecule has 3 rings (SSSR count). The molecule has 0 unspecified atom stereocenters. The molecule has 0 bridgehead atoms. The zero-order valence-corrected chi connectivity index (χ0v) is 17.7. The largest absolute Gasteiger partial charge is 0.496 e. The van der Waals surface area contributed by atoms with Crippen LogP contribution in [0.1, 0.15) is 40.0 Å². The van der Waals surface area contributed by atoms with Gasteiger partial charge < -0.3 is 9.26 Å². The predicted molar refractivity (Wildman–Crippen MR) is 113 cm³/mol. The Balaban J connectivity index is 2.07. The summed E-state index contributed by atoms with van der Waals surface area (Å²) in [7, 11) is -1.66. The number of methoxy groups -OCH3 is 1. The molecule has 1 fully saturated rings. The van der Waals surface area contributed by atoms with Gasteiger partial charge in [0.25, 0.3) is 7.37 Å². The number of hydrogen-bond acceptors (Lipinski definition) is 3. The Labute approximate surface area is 163 Å². The Hall–Kier alpha value is -1.57. The number of rotatable bonds is 6. The molecule has 0 amide bonds. The Morgan fingerprint density at radius 1 is 1.00 bits per heavy atom. The van der Waals surface area contributed by atoms with E-state index in [4.69, 9.17) is 9.26 Å². The maximum atomic E-state index is 14.4. The molecule has 4 atom stereocenters. The van der Waals surface area contributed by atoms with Crippen LogP contribution in [0.5, 0.6) is 5.75 Å². The van der Waals surface area contributed by atoms with E-state index in [9.17, 15) is 4.57 Å². The van der Waals surface area contributed by atoms with Crippen molar-refractivity contribution < 1.29 is 13.8 Å². The fraction of sp³-hybridized carbons (Fsp3) is 0.478. The minimum Gasteiger partial charge on any atom is -0.496 e. The summed E-state index contributed by atoms with van der Waals surface area (Å²) < 4.78 is 26.6. The normalized spacial score (nSPS) is 25.1. The van der Waals surface area contributed by atoms with Crippen molar-refractivity contribution in [3.63, 3.8) is 0 Å². The molecule has 2 aromatic rings. The Morgan fingerprint density at radius 2 is 1.67 bits per heavy atom. The summed E-state index contributed by atoms with van der Waals surface area (Å²) >= 11 is 0. The van der Waals surface area contributed by atoms with Gasteiger partial charge in [-0.2, -0.15) is 0 Å². The van der Waals surface area contributed by atoms with E-state index in [1.807, 2.05) is 54.6 Å². The van der Waals surface area contributed by atoms with E-state index >= 15 is 0 Å². The first-order chi connectivity index (χ1) is 13.0. The number of hydrogen-bond donors (Lipinski definition) is 0. The topological polar surface area (TPSA) is 35.5 Å². The van der Waals surface area contributed by atoms with Crippen LogP contribution in [0, 0.1) is 17.8 Å². The first-order valence-corrected chi connectivity index (χ1v) is 11.6. The van der Waals surface area contributed by atoms with Crippen LogP contribution in [-0.2, 0) is 9.09 Å². The molecular formula is C23H31O3P. The van der Waals surface area contributed by atoms with Crippen LogP contribution < -0.4 is 15.3 Å². The molecule has 1 aliphatic rings. The summed E-state index contributed by atoms with van der Waals surface area (Å²) in [5.74, 6) is 2.14. The van der Waals surface area contributed by atoms with Gasteiger partial charge in [-0.15, -0.1) is 0 Å². The SMILES string of the molecule is COc1ccccc1[P@](=O)(O[C@@H]1C[C@H](C)CC[C@H]1C(C)C)c1ccccc1. The van der Waals surface area contributed by atoms with Crippen LogP contribution in [-0.4, -0.2) is 13.2 Å². The minimum atomic E-state index is -3.28. The molecular weight excluding hydrogens is 355 g/mol. The van der Waals surface area contributed by atoms with E-state index in [1.54, 1.807) is 7.11 Å². The van der Waals surface area contributed by atoms with Crippen molar-refractivity contribution in [1.82, 2.24) is 0 Å². The number of para-hydroxylation sites is 1. The third-order valence-electron chi connectivity index (χ3n) is 5.74. The summed E-state index contributed by atoms with van der Waals surface area (Å²) in [5.41, 5.74) is 0.